The van der Waals surface area contributed by atoms with Crippen LogP contribution in [0.25, 0.3) is 0 Å². The van der Waals surface area contributed by atoms with Crippen LogP contribution in [0.2, 0.25) is 0 Å². The number of carbonyl (C=O) groups excluding carboxylic acids is 1. The van der Waals surface area contributed by atoms with Crippen LogP contribution in [0.15, 0.2) is 12.1 Å². The van der Waals surface area contributed by atoms with Crippen molar-refractivity contribution in [2.45, 2.75) is 26.3 Å². The van der Waals surface area contributed by atoms with Crippen molar-refractivity contribution in [1.29, 1.82) is 0 Å². The Kier molecular flexibility index (Phi) is 5.71. The molecule has 1 amide bonds. The van der Waals surface area contributed by atoms with E-state index in [2.05, 4.69) is 5.32 Å². The molecule has 0 fully saturated rings. The molecule has 116 valence electrons. The summed E-state index contributed by atoms with van der Waals surface area (Å²) in [6.07, 6.45) is 0.210. The molecule has 0 bridgehead atoms. The quantitative estimate of drug-likeness (QED) is 0.621. The lowest BCUT2D eigenvalue weighted by Crippen LogP contribution is -2.40. The number of amides is 1. The van der Waals surface area contributed by atoms with E-state index in [9.17, 15) is 23.7 Å². The molecule has 0 aliphatic rings. The van der Waals surface area contributed by atoms with Gasteiger partial charge in [-0.25, -0.2) is 4.39 Å². The van der Waals surface area contributed by atoms with Gasteiger partial charge in [0.15, 0.2) is 0 Å². The van der Waals surface area contributed by atoms with Gasteiger partial charge in [-0.1, -0.05) is 13.8 Å². The summed E-state index contributed by atoms with van der Waals surface area (Å²) in [6.45, 7) is 3.32. The summed E-state index contributed by atoms with van der Waals surface area (Å²) in [5.41, 5.74) is -1.96. The molecule has 21 heavy (non-hydrogen) atoms. The standard InChI is InChI=1S/C13H16F2N2O4/c1-7(2)9(5-6-18)16-13(19)11-8(14)3-4-10(12(11)15)17(20)21/h3-4,7,9,18H,5-6H2,1-2H3,(H,16,19). The van der Waals surface area contributed by atoms with Gasteiger partial charge in [-0.15, -0.1) is 0 Å². The van der Waals surface area contributed by atoms with E-state index in [-0.39, 0.29) is 18.9 Å². The molecule has 0 radical (unpaired) electrons. The molecule has 0 aliphatic heterocycles. The Morgan fingerprint density at radius 2 is 2.05 bits per heavy atom. The van der Waals surface area contributed by atoms with Crippen molar-refractivity contribution in [3.05, 3.63) is 39.4 Å². The molecule has 0 spiro atoms. The smallest absolute Gasteiger partial charge is 0.305 e. The van der Waals surface area contributed by atoms with E-state index in [1.54, 1.807) is 13.8 Å². The first-order chi connectivity index (χ1) is 9.79. The Hall–Kier alpha value is -2.09. The van der Waals surface area contributed by atoms with Gasteiger partial charge in [-0.05, 0) is 18.4 Å². The normalized spacial score (nSPS) is 12.3. The van der Waals surface area contributed by atoms with Gasteiger partial charge < -0.3 is 10.4 Å². The topological polar surface area (TPSA) is 92.5 Å². The van der Waals surface area contributed by atoms with Crippen molar-refractivity contribution in [3.8, 4) is 0 Å². The molecule has 0 aliphatic carbocycles. The number of nitro benzene ring substituents is 1. The maximum atomic E-state index is 13.9. The largest absolute Gasteiger partial charge is 0.396 e. The van der Waals surface area contributed by atoms with Gasteiger partial charge in [0.05, 0.1) is 4.92 Å². The maximum Gasteiger partial charge on any atom is 0.305 e. The average molecular weight is 302 g/mol. The predicted octanol–water partition coefficient (Wildman–Crippen LogP) is 2.01. The van der Waals surface area contributed by atoms with Crippen molar-refractivity contribution in [2.24, 2.45) is 5.92 Å². The number of nitrogens with zero attached hydrogens (tertiary/aromatic N) is 1. The third-order valence-electron chi connectivity index (χ3n) is 3.06. The number of benzene rings is 1. The van der Waals surface area contributed by atoms with Gasteiger partial charge in [0.25, 0.3) is 5.91 Å². The number of halogens is 2. The van der Waals surface area contributed by atoms with Crippen molar-refractivity contribution < 1.29 is 23.6 Å². The summed E-state index contributed by atoms with van der Waals surface area (Å²) >= 11 is 0. The van der Waals surface area contributed by atoms with Crippen LogP contribution in [0, 0.1) is 27.7 Å². The number of nitrogens with one attached hydrogen (secondary N) is 1. The molecule has 6 nitrogen and oxygen atoms in total. The van der Waals surface area contributed by atoms with Crippen LogP contribution in [0.3, 0.4) is 0 Å². The minimum atomic E-state index is -1.51. The first-order valence-electron chi connectivity index (χ1n) is 6.33. The Morgan fingerprint density at radius 3 is 2.52 bits per heavy atom. The van der Waals surface area contributed by atoms with E-state index < -0.39 is 39.8 Å². The second-order valence-corrected chi connectivity index (χ2v) is 4.85. The van der Waals surface area contributed by atoms with Crippen molar-refractivity contribution >= 4 is 11.6 Å². The monoisotopic (exact) mass is 302 g/mol. The minimum Gasteiger partial charge on any atom is -0.396 e. The Bertz CT molecular complexity index is 549. The second kappa shape index (κ2) is 7.07. The summed E-state index contributed by atoms with van der Waals surface area (Å²) in [5, 5.41) is 21.9. The highest BCUT2D eigenvalue weighted by atomic mass is 19.1. The van der Waals surface area contributed by atoms with Crippen LogP contribution < -0.4 is 5.32 Å². The van der Waals surface area contributed by atoms with Crippen LogP contribution in [-0.2, 0) is 0 Å². The molecule has 8 heteroatoms. The van der Waals surface area contributed by atoms with Gasteiger partial charge in [0.2, 0.25) is 5.82 Å². The number of carbonyl (C=O) groups is 1. The lowest BCUT2D eigenvalue weighted by atomic mass is 10.0. The SMILES string of the molecule is CC(C)C(CCO)NC(=O)c1c(F)ccc([N+](=O)[O-])c1F. The van der Waals surface area contributed by atoms with Crippen LogP contribution in [0.4, 0.5) is 14.5 Å². The zero-order chi connectivity index (χ0) is 16.2. The molecule has 0 saturated carbocycles. The lowest BCUT2D eigenvalue weighted by Gasteiger charge is -2.21. The van der Waals surface area contributed by atoms with Gasteiger partial charge >= 0.3 is 5.69 Å². The van der Waals surface area contributed by atoms with E-state index in [0.717, 1.165) is 0 Å². The third-order valence-corrected chi connectivity index (χ3v) is 3.06. The summed E-state index contributed by atoms with van der Waals surface area (Å²) in [7, 11) is 0. The molecule has 1 atom stereocenters. The van der Waals surface area contributed by atoms with E-state index in [4.69, 9.17) is 5.11 Å². The molecule has 2 N–H and O–H groups in total. The van der Waals surface area contributed by atoms with E-state index in [1.165, 1.54) is 0 Å². The molecule has 0 aromatic heterocycles. The van der Waals surface area contributed by atoms with Crippen LogP contribution in [0.5, 0.6) is 0 Å². The second-order valence-electron chi connectivity index (χ2n) is 4.85. The maximum absolute atomic E-state index is 13.9. The zero-order valence-corrected chi connectivity index (χ0v) is 11.6. The lowest BCUT2D eigenvalue weighted by molar-refractivity contribution is -0.387. The first kappa shape index (κ1) is 17.0. The van der Waals surface area contributed by atoms with Gasteiger partial charge in [0.1, 0.15) is 11.4 Å². The summed E-state index contributed by atoms with van der Waals surface area (Å²) in [6, 6.07) is 0.835. The Balaban J connectivity index is 3.12. The van der Waals surface area contributed by atoms with Crippen LogP contribution >= 0.6 is 0 Å². The summed E-state index contributed by atoms with van der Waals surface area (Å²) in [5.74, 6) is -3.85. The third kappa shape index (κ3) is 3.94. The van der Waals surface area contributed by atoms with Gasteiger partial charge in [-0.2, -0.15) is 4.39 Å². The fourth-order valence-electron chi connectivity index (χ4n) is 1.84. The minimum absolute atomic E-state index is 0.0779. The molecule has 1 aromatic carbocycles. The summed E-state index contributed by atoms with van der Waals surface area (Å²) < 4.78 is 27.5. The number of rotatable bonds is 6. The van der Waals surface area contributed by atoms with Gasteiger partial charge in [0, 0.05) is 18.7 Å². The van der Waals surface area contributed by atoms with E-state index >= 15 is 0 Å². The number of aliphatic hydroxyl groups is 1. The zero-order valence-electron chi connectivity index (χ0n) is 11.6. The summed E-state index contributed by atoms with van der Waals surface area (Å²) in [4.78, 5) is 21.5. The Labute approximate surface area is 119 Å². The number of aliphatic hydroxyl groups excluding tert-OH is 1. The Morgan fingerprint density at radius 1 is 1.43 bits per heavy atom. The molecular weight excluding hydrogens is 286 g/mol. The molecule has 0 saturated heterocycles. The fourth-order valence-corrected chi connectivity index (χ4v) is 1.84. The highest BCUT2D eigenvalue weighted by Gasteiger charge is 2.27. The molecule has 1 unspecified atom stereocenters. The molecular formula is C13H16F2N2O4. The van der Waals surface area contributed by atoms with Gasteiger partial charge in [-0.3, -0.25) is 14.9 Å². The average Bonchev–Trinajstić information content (AvgIpc) is 2.37. The predicted molar refractivity (Wildman–Crippen MR) is 70.8 cm³/mol. The van der Waals surface area contributed by atoms with Crippen LogP contribution in [0.1, 0.15) is 30.6 Å². The molecule has 1 aromatic rings. The number of hydrogen-bond acceptors (Lipinski definition) is 4. The highest BCUT2D eigenvalue weighted by molar-refractivity contribution is 5.95. The van der Waals surface area contributed by atoms with Crippen molar-refractivity contribution in [3.63, 3.8) is 0 Å². The van der Waals surface area contributed by atoms with E-state index in [0.29, 0.717) is 12.1 Å². The fraction of sp³-hybridized carbons (Fsp3) is 0.462. The number of nitro groups is 1. The number of hydrogen-bond donors (Lipinski definition) is 2. The van der Waals surface area contributed by atoms with Crippen molar-refractivity contribution in [1.82, 2.24) is 5.32 Å². The van der Waals surface area contributed by atoms with Crippen LogP contribution in [-0.4, -0.2) is 28.6 Å². The van der Waals surface area contributed by atoms with E-state index in [1.807, 2.05) is 0 Å². The highest BCUT2D eigenvalue weighted by Crippen LogP contribution is 2.23. The van der Waals surface area contributed by atoms with Crippen molar-refractivity contribution in [2.75, 3.05) is 6.61 Å². The molecule has 1 rings (SSSR count). The first-order valence-corrected chi connectivity index (χ1v) is 6.33. The molecule has 0 heterocycles.